The number of rotatable bonds is 4. The first-order valence-corrected chi connectivity index (χ1v) is 11.0. The maximum atomic E-state index is 13.6. The highest BCUT2D eigenvalue weighted by Crippen LogP contribution is 2.23. The van der Waals surface area contributed by atoms with Crippen LogP contribution in [0.1, 0.15) is 29.6 Å². The zero-order valence-corrected chi connectivity index (χ0v) is 18.3. The Morgan fingerprint density at radius 3 is 2.48 bits per heavy atom. The summed E-state index contributed by atoms with van der Waals surface area (Å²) in [6.07, 6.45) is 3.19. The molecule has 1 aromatic rings. The molecule has 3 aliphatic rings. The first-order valence-electron chi connectivity index (χ1n) is 11.0. The van der Waals surface area contributed by atoms with Gasteiger partial charge in [0.05, 0.1) is 6.42 Å². The molecule has 33 heavy (non-hydrogen) atoms. The van der Waals surface area contributed by atoms with Crippen LogP contribution in [-0.4, -0.2) is 89.2 Å². The van der Waals surface area contributed by atoms with Crippen molar-refractivity contribution in [3.63, 3.8) is 0 Å². The zero-order valence-electron chi connectivity index (χ0n) is 18.3. The van der Waals surface area contributed by atoms with E-state index >= 15 is 0 Å². The number of fused-ring (bicyclic) bond motifs is 1. The molecule has 0 aromatic heterocycles. The maximum Gasteiger partial charge on any atom is 0.310 e. The number of nitrogens with zero attached hydrogens (tertiary/aromatic N) is 2. The van der Waals surface area contributed by atoms with Crippen molar-refractivity contribution < 1.29 is 29.0 Å². The number of hydrogen-bond acceptors (Lipinski definition) is 7. The monoisotopic (exact) mass is 456 g/mol. The maximum absolute atomic E-state index is 13.6. The van der Waals surface area contributed by atoms with Crippen molar-refractivity contribution in [1.82, 2.24) is 20.4 Å². The molecule has 0 bridgehead atoms. The van der Waals surface area contributed by atoms with E-state index in [0.717, 1.165) is 0 Å². The van der Waals surface area contributed by atoms with E-state index in [2.05, 4.69) is 10.6 Å². The van der Waals surface area contributed by atoms with Crippen LogP contribution >= 0.6 is 0 Å². The summed E-state index contributed by atoms with van der Waals surface area (Å²) in [5, 5.41) is 15.3. The molecule has 3 aliphatic heterocycles. The van der Waals surface area contributed by atoms with E-state index < -0.39 is 36.3 Å². The van der Waals surface area contributed by atoms with Crippen molar-refractivity contribution in [3.05, 3.63) is 48.0 Å². The number of carbonyl (C=O) groups excluding carboxylic acids is 4. The van der Waals surface area contributed by atoms with Gasteiger partial charge >= 0.3 is 5.97 Å². The first kappa shape index (κ1) is 22.9. The molecule has 0 aliphatic carbocycles. The summed E-state index contributed by atoms with van der Waals surface area (Å²) in [7, 11) is 1.87. The quantitative estimate of drug-likeness (QED) is 0.408. The highest BCUT2D eigenvalue weighted by molar-refractivity contribution is 5.98. The minimum Gasteiger partial charge on any atom is -0.434 e. The van der Waals surface area contributed by atoms with E-state index in [4.69, 9.17) is 4.74 Å². The molecule has 1 aromatic carbocycles. The standard InChI is InChI=1S/C23H28N4O6/c1-26-12-15-9-5-6-10-16(24-20(29)14-7-3-2-4-8-14)22(31)27(15)18(13-26)21(30)25-17-11-19(28)33-23(17)32/h2-8,15-18,23,32H,9-13H2,1H3,(H,24,29)(H,25,30)/b6-5-/t15-,16-,17?,18-,23?/m0/s1. The molecule has 10 heteroatoms. The molecule has 2 fully saturated rings. The number of aliphatic hydroxyl groups is 1. The molecule has 3 heterocycles. The number of aliphatic hydroxyl groups excluding tert-OH is 1. The molecule has 2 saturated heterocycles. The lowest BCUT2D eigenvalue weighted by atomic mass is 9.97. The summed E-state index contributed by atoms with van der Waals surface area (Å²) < 4.78 is 4.70. The average Bonchev–Trinajstić information content (AvgIpc) is 3.10. The van der Waals surface area contributed by atoms with Crippen molar-refractivity contribution >= 4 is 23.7 Å². The van der Waals surface area contributed by atoms with Crippen LogP contribution in [0.3, 0.4) is 0 Å². The summed E-state index contributed by atoms with van der Waals surface area (Å²) in [5.74, 6) is -1.76. The smallest absolute Gasteiger partial charge is 0.310 e. The Labute approximate surface area is 191 Å². The predicted octanol–water partition coefficient (Wildman–Crippen LogP) is -0.604. The summed E-state index contributed by atoms with van der Waals surface area (Å²) in [5.41, 5.74) is 0.445. The second-order valence-corrected chi connectivity index (χ2v) is 8.67. The van der Waals surface area contributed by atoms with Gasteiger partial charge in [0, 0.05) is 24.7 Å². The van der Waals surface area contributed by atoms with Crippen molar-refractivity contribution in [3.8, 4) is 0 Å². The van der Waals surface area contributed by atoms with Crippen LogP contribution in [0.15, 0.2) is 42.5 Å². The van der Waals surface area contributed by atoms with Crippen LogP contribution in [0.4, 0.5) is 0 Å². The van der Waals surface area contributed by atoms with E-state index in [1.807, 2.05) is 24.1 Å². The van der Waals surface area contributed by atoms with Gasteiger partial charge in [-0.25, -0.2) is 0 Å². The highest BCUT2D eigenvalue weighted by atomic mass is 16.6. The Bertz CT molecular complexity index is 952. The third-order valence-electron chi connectivity index (χ3n) is 6.19. The van der Waals surface area contributed by atoms with Gasteiger partial charge in [-0.1, -0.05) is 30.4 Å². The molecule has 3 N–H and O–H groups in total. The molecule has 0 saturated carbocycles. The van der Waals surface area contributed by atoms with E-state index in [1.54, 1.807) is 35.2 Å². The minimum atomic E-state index is -1.41. The van der Waals surface area contributed by atoms with Gasteiger partial charge in [-0.2, -0.15) is 0 Å². The van der Waals surface area contributed by atoms with Crippen LogP contribution in [-0.2, 0) is 19.1 Å². The lowest BCUT2D eigenvalue weighted by molar-refractivity contribution is -0.156. The number of cyclic esters (lactones) is 1. The Hall–Kier alpha value is -3.24. The molecule has 3 amide bonds. The number of esters is 1. The van der Waals surface area contributed by atoms with Crippen LogP contribution in [0.5, 0.6) is 0 Å². The largest absolute Gasteiger partial charge is 0.434 e. The fourth-order valence-electron chi connectivity index (χ4n) is 4.56. The number of piperazine rings is 1. The number of likely N-dealkylation sites (N-methyl/N-ethyl adjacent to an activating group) is 1. The predicted molar refractivity (Wildman–Crippen MR) is 117 cm³/mol. The van der Waals surface area contributed by atoms with Gasteiger partial charge in [-0.15, -0.1) is 0 Å². The highest BCUT2D eigenvalue weighted by Gasteiger charge is 2.44. The zero-order chi connectivity index (χ0) is 23.5. The summed E-state index contributed by atoms with van der Waals surface area (Å²) in [4.78, 5) is 54.5. The number of benzene rings is 1. The molecule has 176 valence electrons. The molecule has 10 nitrogen and oxygen atoms in total. The fraction of sp³-hybridized carbons (Fsp3) is 0.478. The molecule has 5 atom stereocenters. The number of amides is 3. The number of carbonyl (C=O) groups is 4. The second-order valence-electron chi connectivity index (χ2n) is 8.67. The van der Waals surface area contributed by atoms with Gasteiger partial charge in [-0.3, -0.25) is 19.2 Å². The fourth-order valence-corrected chi connectivity index (χ4v) is 4.56. The molecule has 0 radical (unpaired) electrons. The second kappa shape index (κ2) is 9.72. The van der Waals surface area contributed by atoms with Gasteiger partial charge in [0.15, 0.2) is 0 Å². The number of hydrogen-bond donors (Lipinski definition) is 3. The third kappa shape index (κ3) is 5.07. The Balaban J connectivity index is 1.55. The Morgan fingerprint density at radius 1 is 1.06 bits per heavy atom. The Morgan fingerprint density at radius 2 is 1.79 bits per heavy atom. The minimum absolute atomic E-state index is 0.134. The van der Waals surface area contributed by atoms with Crippen molar-refractivity contribution in [1.29, 1.82) is 0 Å². The summed E-state index contributed by atoms with van der Waals surface area (Å²) in [6.45, 7) is 0.863. The lowest BCUT2D eigenvalue weighted by Crippen LogP contribution is -2.67. The molecular formula is C23H28N4O6. The van der Waals surface area contributed by atoms with Crippen molar-refractivity contribution in [2.75, 3.05) is 20.1 Å². The SMILES string of the molecule is CN1C[C@@H]2C/C=C\C[C@H](NC(=O)c3ccccc3)C(=O)N2[C@H](C(=O)NC2CC(=O)OC2O)C1. The summed E-state index contributed by atoms with van der Waals surface area (Å²) >= 11 is 0. The van der Waals surface area contributed by atoms with Crippen LogP contribution in [0, 0.1) is 0 Å². The topological polar surface area (TPSA) is 128 Å². The van der Waals surface area contributed by atoms with Gasteiger partial charge in [-0.05, 0) is 32.0 Å². The summed E-state index contributed by atoms with van der Waals surface area (Å²) in [6, 6.07) is 5.85. The third-order valence-corrected chi connectivity index (χ3v) is 6.19. The average molecular weight is 456 g/mol. The van der Waals surface area contributed by atoms with E-state index in [-0.39, 0.29) is 30.8 Å². The van der Waals surface area contributed by atoms with Crippen LogP contribution in [0.25, 0.3) is 0 Å². The van der Waals surface area contributed by atoms with E-state index in [9.17, 15) is 24.3 Å². The molecule has 0 spiro atoms. The van der Waals surface area contributed by atoms with Crippen LogP contribution < -0.4 is 10.6 Å². The first-order chi connectivity index (χ1) is 15.8. The van der Waals surface area contributed by atoms with Crippen molar-refractivity contribution in [2.45, 2.75) is 49.7 Å². The number of ether oxygens (including phenoxy) is 1. The van der Waals surface area contributed by atoms with Crippen LogP contribution in [0.2, 0.25) is 0 Å². The van der Waals surface area contributed by atoms with Gasteiger partial charge < -0.3 is 30.3 Å². The molecular weight excluding hydrogens is 428 g/mol. The van der Waals surface area contributed by atoms with E-state index in [1.165, 1.54) is 0 Å². The van der Waals surface area contributed by atoms with E-state index in [0.29, 0.717) is 24.9 Å². The number of nitrogens with one attached hydrogen (secondary N) is 2. The molecule has 2 unspecified atom stereocenters. The van der Waals surface area contributed by atoms with Crippen molar-refractivity contribution in [2.24, 2.45) is 0 Å². The van der Waals surface area contributed by atoms with Gasteiger partial charge in [0.1, 0.15) is 18.1 Å². The lowest BCUT2D eigenvalue weighted by Gasteiger charge is -2.46. The van der Waals surface area contributed by atoms with Gasteiger partial charge in [0.2, 0.25) is 18.1 Å². The van der Waals surface area contributed by atoms with Gasteiger partial charge in [0.25, 0.3) is 5.91 Å². The normalized spacial score (nSPS) is 31.1. The Kier molecular flexibility index (Phi) is 6.75. The molecule has 4 rings (SSSR count).